The van der Waals surface area contributed by atoms with Crippen LogP contribution in [-0.2, 0) is 0 Å². The van der Waals surface area contributed by atoms with Crippen molar-refractivity contribution in [3.8, 4) is 0 Å². The number of rotatable bonds is 3. The van der Waals surface area contributed by atoms with E-state index in [2.05, 4.69) is 0 Å². The molecule has 0 aliphatic carbocycles. The van der Waals surface area contributed by atoms with Gasteiger partial charge in [0.05, 0.1) is 0 Å². The zero-order valence-electron chi connectivity index (χ0n) is 8.06. The summed E-state index contributed by atoms with van der Waals surface area (Å²) in [6.45, 7) is 6.80. The average molecular weight is 252 g/mol. The van der Waals surface area contributed by atoms with Gasteiger partial charge in [0.15, 0.2) is 4.21 Å². The summed E-state index contributed by atoms with van der Waals surface area (Å²) in [5.41, 5.74) is 0. The molecule has 0 spiro atoms. The number of nitrogens with zero attached hydrogens (tertiary/aromatic N) is 1. The van der Waals surface area contributed by atoms with Gasteiger partial charge in [-0.05, 0) is 27.7 Å². The van der Waals surface area contributed by atoms with Crippen molar-refractivity contribution in [3.63, 3.8) is 0 Å². The van der Waals surface area contributed by atoms with Gasteiger partial charge in [0.1, 0.15) is 0 Å². The summed E-state index contributed by atoms with van der Waals surface area (Å²) >= 11 is 10.4. The topological polar surface area (TPSA) is 3.24 Å². The first-order chi connectivity index (χ1) is 5.71. The Bertz CT molecular complexity index is 213. The standard InChI is InChI=1S/C7H14Cl2F2NP/c1-5(2)12(6(3)4)13(10,11)7(8)9/h5-6H,1-4H3. The van der Waals surface area contributed by atoms with Gasteiger partial charge in [-0.15, -0.1) is 0 Å². The van der Waals surface area contributed by atoms with Crippen molar-refractivity contribution in [3.05, 3.63) is 0 Å². The fourth-order valence-corrected chi connectivity index (χ4v) is 3.12. The van der Waals surface area contributed by atoms with Crippen LogP contribution < -0.4 is 0 Å². The summed E-state index contributed by atoms with van der Waals surface area (Å²) in [5, 5.41) is 0. The highest BCUT2D eigenvalue weighted by atomic mass is 35.5. The van der Waals surface area contributed by atoms with Gasteiger partial charge in [-0.1, -0.05) is 23.2 Å². The maximum atomic E-state index is 13.4. The van der Waals surface area contributed by atoms with Crippen LogP contribution in [0, 0.1) is 0 Å². The predicted molar refractivity (Wildman–Crippen MR) is 58.0 cm³/mol. The summed E-state index contributed by atoms with van der Waals surface area (Å²) in [5.74, 6) is 0. The molecule has 0 saturated carbocycles. The zero-order chi connectivity index (χ0) is 10.8. The minimum atomic E-state index is -4.46. The first-order valence-electron chi connectivity index (χ1n) is 3.97. The van der Waals surface area contributed by atoms with Crippen LogP contribution in [0.4, 0.5) is 8.39 Å². The molecule has 0 aromatic rings. The van der Waals surface area contributed by atoms with Gasteiger partial charge in [-0.2, -0.15) is 8.39 Å². The SMILES string of the molecule is CC(C)N(C(C)C)P(F)(F)=C(Cl)Cl. The van der Waals surface area contributed by atoms with Crippen LogP contribution >= 0.6 is 30.9 Å². The molecule has 1 nitrogen and oxygen atoms in total. The molecule has 0 atom stereocenters. The highest BCUT2D eigenvalue weighted by Gasteiger charge is 2.33. The zero-order valence-corrected chi connectivity index (χ0v) is 10.5. The van der Waals surface area contributed by atoms with Gasteiger partial charge in [-0.3, -0.25) is 0 Å². The van der Waals surface area contributed by atoms with Crippen molar-refractivity contribution in [1.82, 2.24) is 4.67 Å². The lowest BCUT2D eigenvalue weighted by Gasteiger charge is -2.32. The number of hydrogen-bond acceptors (Lipinski definition) is 1. The summed E-state index contributed by atoms with van der Waals surface area (Å²) in [6, 6.07) is -0.535. The smallest absolute Gasteiger partial charge is 0.227 e. The second-order valence-electron chi connectivity index (χ2n) is 3.29. The minimum absolute atomic E-state index is 0.268. The van der Waals surface area contributed by atoms with E-state index in [0.717, 1.165) is 4.67 Å². The Labute approximate surface area is 88.3 Å². The summed E-state index contributed by atoms with van der Waals surface area (Å²) in [7, 11) is -4.46. The van der Waals surface area contributed by atoms with Crippen LogP contribution in [0.1, 0.15) is 27.7 Å². The van der Waals surface area contributed by atoms with Crippen molar-refractivity contribution in [2.45, 2.75) is 39.8 Å². The maximum absolute atomic E-state index is 13.4. The quantitative estimate of drug-likeness (QED) is 0.674. The third-order valence-corrected chi connectivity index (χ3v) is 4.68. The Hall–Kier alpha value is 0.700. The van der Waals surface area contributed by atoms with Gasteiger partial charge in [0.25, 0.3) is 0 Å². The largest absolute Gasteiger partial charge is 0.308 e. The van der Waals surface area contributed by atoms with E-state index < -0.39 is 11.9 Å². The molecule has 0 aromatic carbocycles. The minimum Gasteiger partial charge on any atom is -0.227 e. The van der Waals surface area contributed by atoms with Crippen molar-refractivity contribution >= 4 is 35.1 Å². The van der Waals surface area contributed by atoms with Crippen molar-refractivity contribution in [2.75, 3.05) is 0 Å². The Morgan fingerprint density at radius 3 is 1.46 bits per heavy atom. The Kier molecular flexibility index (Phi) is 5.24. The first kappa shape index (κ1) is 13.7. The van der Waals surface area contributed by atoms with E-state index in [9.17, 15) is 8.39 Å². The molecule has 0 aliphatic rings. The van der Waals surface area contributed by atoms with Gasteiger partial charge in [0, 0.05) is 12.1 Å². The number of halogens is 4. The van der Waals surface area contributed by atoms with E-state index in [1.807, 2.05) is 0 Å². The van der Waals surface area contributed by atoms with Crippen LogP contribution in [-0.4, -0.2) is 21.0 Å². The van der Waals surface area contributed by atoms with E-state index in [0.29, 0.717) is 0 Å². The molecule has 0 rings (SSSR count). The van der Waals surface area contributed by atoms with Crippen molar-refractivity contribution in [1.29, 1.82) is 0 Å². The normalized spacial score (nSPS) is 13.2. The van der Waals surface area contributed by atoms with E-state index in [4.69, 9.17) is 23.2 Å². The van der Waals surface area contributed by atoms with Crippen LogP contribution in [0.3, 0.4) is 0 Å². The molecule has 0 heterocycles. The molecule has 0 fully saturated rings. The van der Waals surface area contributed by atoms with Gasteiger partial charge in [-0.25, -0.2) is 4.67 Å². The van der Waals surface area contributed by atoms with Crippen LogP contribution in [0.5, 0.6) is 0 Å². The van der Waals surface area contributed by atoms with E-state index in [1.165, 1.54) is 0 Å². The summed E-state index contributed by atoms with van der Waals surface area (Å²) in [6.07, 6.45) is 0. The third kappa shape index (κ3) is 3.39. The Balaban J connectivity index is 5.09. The van der Waals surface area contributed by atoms with E-state index >= 15 is 0 Å². The molecule has 0 amide bonds. The second kappa shape index (κ2) is 4.97. The summed E-state index contributed by atoms with van der Waals surface area (Å²) in [4.78, 5) is 0. The molecule has 6 heteroatoms. The number of hydrogen-bond donors (Lipinski definition) is 0. The fraction of sp³-hybridized carbons (Fsp3) is 0.857. The van der Waals surface area contributed by atoms with E-state index in [-0.39, 0.29) is 12.1 Å². The van der Waals surface area contributed by atoms with Gasteiger partial charge >= 0.3 is 7.66 Å². The Morgan fingerprint density at radius 2 is 1.38 bits per heavy atom. The van der Waals surface area contributed by atoms with Gasteiger partial charge in [0.2, 0.25) is 0 Å². The molecule has 0 N–H and O–H groups in total. The molecule has 0 saturated heterocycles. The van der Waals surface area contributed by atoms with Crippen LogP contribution in [0.25, 0.3) is 0 Å². The molecule has 0 bridgehead atoms. The van der Waals surface area contributed by atoms with Crippen molar-refractivity contribution < 1.29 is 8.39 Å². The lowest BCUT2D eigenvalue weighted by molar-refractivity contribution is 0.293. The average Bonchev–Trinajstić information content (AvgIpc) is 1.82. The predicted octanol–water partition coefficient (Wildman–Crippen LogP) is 4.37. The van der Waals surface area contributed by atoms with Gasteiger partial charge < -0.3 is 0 Å². The molecule has 0 aromatic heterocycles. The molecular formula is C7H14Cl2F2NP. The molecule has 0 unspecified atom stereocenters. The molecule has 13 heavy (non-hydrogen) atoms. The highest BCUT2D eigenvalue weighted by molar-refractivity contribution is 7.72. The second-order valence-corrected chi connectivity index (χ2v) is 6.65. The lowest BCUT2D eigenvalue weighted by atomic mass is 10.3. The van der Waals surface area contributed by atoms with Crippen LogP contribution in [0.2, 0.25) is 0 Å². The summed E-state index contributed by atoms with van der Waals surface area (Å²) < 4.78 is 27.2. The van der Waals surface area contributed by atoms with Crippen molar-refractivity contribution in [2.24, 2.45) is 0 Å². The third-order valence-electron chi connectivity index (χ3n) is 1.55. The van der Waals surface area contributed by atoms with E-state index in [1.54, 1.807) is 27.7 Å². The molecular weight excluding hydrogens is 238 g/mol. The fourth-order valence-electron chi connectivity index (χ4n) is 1.26. The molecule has 80 valence electrons. The Morgan fingerprint density at radius 1 is 1.08 bits per heavy atom. The lowest BCUT2D eigenvalue weighted by Crippen LogP contribution is -2.32. The molecule has 0 radical (unpaired) electrons. The van der Waals surface area contributed by atoms with Crippen LogP contribution in [0.15, 0.2) is 0 Å². The molecule has 0 aliphatic heterocycles. The highest BCUT2D eigenvalue weighted by Crippen LogP contribution is 2.59. The maximum Gasteiger partial charge on any atom is 0.308 e. The first-order valence-corrected chi connectivity index (χ1v) is 6.24. The monoisotopic (exact) mass is 251 g/mol.